The van der Waals surface area contributed by atoms with Gasteiger partial charge in [0.05, 0.1) is 18.8 Å². The summed E-state index contributed by atoms with van der Waals surface area (Å²) in [7, 11) is 0. The van der Waals surface area contributed by atoms with Crippen LogP contribution in [-0.2, 0) is 0 Å². The molecule has 0 aliphatic carbocycles. The second kappa shape index (κ2) is 6.51. The van der Waals surface area contributed by atoms with Gasteiger partial charge in [-0.15, -0.1) is 5.10 Å². The van der Waals surface area contributed by atoms with Crippen molar-refractivity contribution in [2.75, 3.05) is 24.6 Å². The van der Waals surface area contributed by atoms with E-state index in [0.717, 1.165) is 38.2 Å². The Morgan fingerprint density at radius 2 is 2.00 bits per heavy atom. The van der Waals surface area contributed by atoms with Crippen LogP contribution < -0.4 is 9.64 Å². The van der Waals surface area contributed by atoms with E-state index < -0.39 is 0 Å². The lowest BCUT2D eigenvalue weighted by atomic mass is 10.1. The van der Waals surface area contributed by atoms with Gasteiger partial charge in [0, 0.05) is 31.7 Å². The number of hydrogen-bond acceptors (Lipinski definition) is 6. The molecule has 0 spiro atoms. The number of piperidine rings is 1. The average molecular weight is 288 g/mol. The van der Waals surface area contributed by atoms with E-state index in [-0.39, 0.29) is 0 Å². The van der Waals surface area contributed by atoms with E-state index in [2.05, 4.69) is 32.1 Å². The van der Waals surface area contributed by atoms with Crippen LogP contribution in [-0.4, -0.2) is 44.7 Å². The van der Waals surface area contributed by atoms with Crippen molar-refractivity contribution < 1.29 is 4.74 Å². The lowest BCUT2D eigenvalue weighted by Crippen LogP contribution is -2.35. The molecule has 112 valence electrons. The highest BCUT2D eigenvalue weighted by molar-refractivity contribution is 5.48. The van der Waals surface area contributed by atoms with E-state index >= 15 is 0 Å². The highest BCUT2D eigenvalue weighted by Gasteiger charge is 2.24. The number of rotatable bonds is 5. The first-order valence-electron chi connectivity index (χ1n) is 7.43. The smallest absolute Gasteiger partial charge is 0.257 e. The minimum absolute atomic E-state index is 0.417. The van der Waals surface area contributed by atoms with E-state index in [0.29, 0.717) is 18.5 Å². The summed E-state index contributed by atoms with van der Waals surface area (Å²) in [5.74, 6) is 1.49. The second-order valence-corrected chi connectivity index (χ2v) is 5.13. The van der Waals surface area contributed by atoms with Gasteiger partial charge >= 0.3 is 0 Å². The molecule has 1 aliphatic rings. The van der Waals surface area contributed by atoms with Crippen LogP contribution in [0.2, 0.25) is 0 Å². The van der Waals surface area contributed by atoms with E-state index in [9.17, 15) is 0 Å². The van der Waals surface area contributed by atoms with Crippen molar-refractivity contribution >= 4 is 5.82 Å². The van der Waals surface area contributed by atoms with Crippen LogP contribution in [0.15, 0.2) is 24.8 Å². The summed E-state index contributed by atoms with van der Waals surface area (Å²) >= 11 is 0. The van der Waals surface area contributed by atoms with Gasteiger partial charge in [-0.2, -0.15) is 0 Å². The van der Waals surface area contributed by atoms with E-state index in [1.165, 1.54) is 0 Å². The molecule has 21 heavy (non-hydrogen) atoms. The minimum Gasteiger partial charge on any atom is -0.475 e. The maximum atomic E-state index is 5.70. The topological polar surface area (TPSA) is 69.0 Å². The summed E-state index contributed by atoms with van der Waals surface area (Å²) in [6.45, 7) is 4.60. The Morgan fingerprint density at radius 3 is 2.71 bits per heavy atom. The molecule has 3 heterocycles. The average Bonchev–Trinajstić information content (AvgIpc) is 3.08. The predicted octanol–water partition coefficient (Wildman–Crippen LogP) is 1.70. The Hall–Kier alpha value is -2.18. The van der Waals surface area contributed by atoms with Gasteiger partial charge in [0.25, 0.3) is 5.88 Å². The van der Waals surface area contributed by atoms with Crippen LogP contribution in [0.3, 0.4) is 0 Å². The number of hydrogen-bond donors (Lipinski definition) is 0. The Balaban J connectivity index is 1.66. The molecular formula is C14H20N6O. The van der Waals surface area contributed by atoms with Crippen molar-refractivity contribution in [3.05, 3.63) is 24.8 Å². The first-order valence-corrected chi connectivity index (χ1v) is 7.43. The van der Waals surface area contributed by atoms with Crippen LogP contribution >= 0.6 is 0 Å². The lowest BCUT2D eigenvalue weighted by Gasteiger charge is -2.32. The van der Waals surface area contributed by atoms with E-state index in [4.69, 9.17) is 4.74 Å². The summed E-state index contributed by atoms with van der Waals surface area (Å²) in [6, 6.07) is 0.417. The second-order valence-electron chi connectivity index (χ2n) is 5.13. The molecule has 0 N–H and O–H groups in total. The molecule has 0 amide bonds. The third-order valence-corrected chi connectivity index (χ3v) is 3.67. The maximum absolute atomic E-state index is 5.70. The minimum atomic E-state index is 0.417. The molecule has 7 nitrogen and oxygen atoms in total. The van der Waals surface area contributed by atoms with Crippen LogP contribution in [0.5, 0.6) is 5.88 Å². The van der Waals surface area contributed by atoms with Crippen molar-refractivity contribution in [1.29, 1.82) is 0 Å². The van der Waals surface area contributed by atoms with Gasteiger partial charge in [-0.1, -0.05) is 12.1 Å². The molecule has 0 aromatic carbocycles. The van der Waals surface area contributed by atoms with Crippen LogP contribution in [0.1, 0.15) is 32.2 Å². The molecule has 1 fully saturated rings. The lowest BCUT2D eigenvalue weighted by molar-refractivity contribution is 0.301. The molecule has 1 aliphatic heterocycles. The molecule has 0 saturated carbocycles. The fourth-order valence-corrected chi connectivity index (χ4v) is 2.59. The van der Waals surface area contributed by atoms with Crippen molar-refractivity contribution in [1.82, 2.24) is 25.0 Å². The summed E-state index contributed by atoms with van der Waals surface area (Å²) in [5.41, 5.74) is 0. The van der Waals surface area contributed by atoms with Crippen molar-refractivity contribution in [3.8, 4) is 5.88 Å². The Bertz CT molecular complexity index is 550. The zero-order valence-corrected chi connectivity index (χ0v) is 12.2. The number of ether oxygens (including phenoxy) is 1. The normalized spacial score (nSPS) is 16.1. The molecule has 7 heteroatoms. The van der Waals surface area contributed by atoms with Crippen molar-refractivity contribution in [2.24, 2.45) is 0 Å². The van der Waals surface area contributed by atoms with Gasteiger partial charge in [0.2, 0.25) is 0 Å². The summed E-state index contributed by atoms with van der Waals surface area (Å²) in [5, 5.41) is 7.97. The van der Waals surface area contributed by atoms with E-state index in [1.807, 2.05) is 10.9 Å². The fourth-order valence-electron chi connectivity index (χ4n) is 2.59. The van der Waals surface area contributed by atoms with Crippen LogP contribution in [0.25, 0.3) is 0 Å². The van der Waals surface area contributed by atoms with E-state index in [1.54, 1.807) is 18.6 Å². The molecule has 0 unspecified atom stereocenters. The standard InChI is InChI=1S/C14H20N6O/c1-2-11-21-14-13(15-5-6-16-14)19-8-3-12(4-9-19)20-10-7-17-18-20/h5-7,10,12H,2-4,8-9,11H2,1H3. The molecule has 2 aromatic rings. The third-order valence-electron chi connectivity index (χ3n) is 3.67. The Morgan fingerprint density at radius 1 is 1.19 bits per heavy atom. The predicted molar refractivity (Wildman–Crippen MR) is 78.3 cm³/mol. The fraction of sp³-hybridized carbons (Fsp3) is 0.571. The third kappa shape index (κ3) is 3.12. The summed E-state index contributed by atoms with van der Waals surface area (Å²) < 4.78 is 7.64. The highest BCUT2D eigenvalue weighted by atomic mass is 16.5. The zero-order valence-electron chi connectivity index (χ0n) is 12.2. The molecule has 2 aromatic heterocycles. The van der Waals surface area contributed by atoms with Gasteiger partial charge in [0.15, 0.2) is 5.82 Å². The van der Waals surface area contributed by atoms with Gasteiger partial charge in [-0.05, 0) is 19.3 Å². The zero-order chi connectivity index (χ0) is 14.5. The largest absolute Gasteiger partial charge is 0.475 e. The van der Waals surface area contributed by atoms with Crippen molar-refractivity contribution in [2.45, 2.75) is 32.2 Å². The number of nitrogens with zero attached hydrogens (tertiary/aromatic N) is 6. The first-order chi connectivity index (χ1) is 10.4. The quantitative estimate of drug-likeness (QED) is 0.834. The van der Waals surface area contributed by atoms with Crippen LogP contribution in [0, 0.1) is 0 Å². The monoisotopic (exact) mass is 288 g/mol. The van der Waals surface area contributed by atoms with Gasteiger partial charge in [-0.3, -0.25) is 0 Å². The van der Waals surface area contributed by atoms with Gasteiger partial charge in [0.1, 0.15) is 0 Å². The molecule has 1 saturated heterocycles. The summed E-state index contributed by atoms with van der Waals surface area (Å²) in [4.78, 5) is 11.0. The van der Waals surface area contributed by atoms with Crippen molar-refractivity contribution in [3.63, 3.8) is 0 Å². The number of anilines is 1. The first kappa shape index (κ1) is 13.8. The molecule has 0 radical (unpaired) electrons. The molecule has 0 atom stereocenters. The number of aromatic nitrogens is 5. The van der Waals surface area contributed by atoms with Gasteiger partial charge < -0.3 is 9.64 Å². The molecule has 0 bridgehead atoms. The SMILES string of the molecule is CCCOc1nccnc1N1CCC(n2ccnn2)CC1. The van der Waals surface area contributed by atoms with Crippen LogP contribution in [0.4, 0.5) is 5.82 Å². The molecule has 3 rings (SSSR count). The molecular weight excluding hydrogens is 268 g/mol. The Labute approximate surface area is 124 Å². The maximum Gasteiger partial charge on any atom is 0.257 e. The highest BCUT2D eigenvalue weighted by Crippen LogP contribution is 2.29. The Kier molecular flexibility index (Phi) is 4.28. The summed E-state index contributed by atoms with van der Waals surface area (Å²) in [6.07, 6.45) is 10.1. The van der Waals surface area contributed by atoms with Gasteiger partial charge in [-0.25, -0.2) is 14.6 Å².